The van der Waals surface area contributed by atoms with Crippen molar-refractivity contribution in [1.82, 2.24) is 4.90 Å². The van der Waals surface area contributed by atoms with Gasteiger partial charge >= 0.3 is 5.97 Å². The third kappa shape index (κ3) is 3.66. The zero-order valence-corrected chi connectivity index (χ0v) is 14.2. The molecule has 3 rings (SSSR count). The van der Waals surface area contributed by atoms with Gasteiger partial charge in [0.1, 0.15) is 17.6 Å². The first-order valence-electron chi connectivity index (χ1n) is 8.48. The Morgan fingerprint density at radius 3 is 2.60 bits per heavy atom. The van der Waals surface area contributed by atoms with Crippen LogP contribution >= 0.6 is 0 Å². The second kappa shape index (κ2) is 7.66. The Kier molecular flexibility index (Phi) is 5.34. The van der Waals surface area contributed by atoms with Crippen molar-refractivity contribution in [2.75, 3.05) is 13.7 Å². The lowest BCUT2D eigenvalue weighted by atomic mass is 9.91. The Labute approximate surface area is 146 Å². The summed E-state index contributed by atoms with van der Waals surface area (Å²) >= 11 is 0. The number of halogens is 1. The van der Waals surface area contributed by atoms with Gasteiger partial charge < -0.3 is 9.84 Å². The summed E-state index contributed by atoms with van der Waals surface area (Å²) in [7, 11) is 1.60. The van der Waals surface area contributed by atoms with Gasteiger partial charge in [-0.3, -0.25) is 9.69 Å². The van der Waals surface area contributed by atoms with Gasteiger partial charge in [-0.1, -0.05) is 36.8 Å². The minimum Gasteiger partial charge on any atom is -0.496 e. The van der Waals surface area contributed by atoms with Crippen LogP contribution < -0.4 is 4.74 Å². The number of carbonyl (C=O) groups is 1. The first kappa shape index (κ1) is 17.4. The highest BCUT2D eigenvalue weighted by atomic mass is 19.1. The Hall–Kier alpha value is -2.40. The first-order valence-corrected chi connectivity index (χ1v) is 8.48. The fourth-order valence-electron chi connectivity index (χ4n) is 3.62. The van der Waals surface area contributed by atoms with Gasteiger partial charge in [0.2, 0.25) is 0 Å². The van der Waals surface area contributed by atoms with E-state index in [4.69, 9.17) is 4.74 Å². The Morgan fingerprint density at radius 1 is 1.20 bits per heavy atom. The van der Waals surface area contributed by atoms with Crippen molar-refractivity contribution in [3.8, 4) is 5.75 Å². The molecule has 0 radical (unpaired) electrons. The number of rotatable bonds is 5. The monoisotopic (exact) mass is 343 g/mol. The van der Waals surface area contributed by atoms with Crippen LogP contribution in [0.25, 0.3) is 0 Å². The van der Waals surface area contributed by atoms with E-state index in [-0.39, 0.29) is 11.9 Å². The molecule has 0 amide bonds. The number of likely N-dealkylation sites (tertiary alicyclic amines) is 1. The van der Waals surface area contributed by atoms with Gasteiger partial charge in [0.05, 0.1) is 13.2 Å². The van der Waals surface area contributed by atoms with E-state index in [1.165, 1.54) is 12.1 Å². The molecule has 1 aliphatic heterocycles. The van der Waals surface area contributed by atoms with Crippen LogP contribution in [-0.2, 0) is 4.79 Å². The van der Waals surface area contributed by atoms with Crippen molar-refractivity contribution in [2.24, 2.45) is 0 Å². The van der Waals surface area contributed by atoms with Crippen LogP contribution in [0, 0.1) is 5.82 Å². The van der Waals surface area contributed by atoms with Gasteiger partial charge in [-0.05, 0) is 43.1 Å². The number of hydrogen-bond acceptors (Lipinski definition) is 3. The summed E-state index contributed by atoms with van der Waals surface area (Å²) in [4.78, 5) is 13.8. The fourth-order valence-corrected chi connectivity index (χ4v) is 3.62. The van der Waals surface area contributed by atoms with E-state index in [0.717, 1.165) is 24.0 Å². The molecule has 0 aliphatic carbocycles. The number of hydrogen-bond donors (Lipinski definition) is 1. The SMILES string of the molecule is COc1ccccc1C(c1ccc(F)cc1)N1CCCCC1C(=O)O. The molecule has 0 aromatic heterocycles. The maximum atomic E-state index is 13.4. The molecule has 2 aromatic rings. The summed E-state index contributed by atoms with van der Waals surface area (Å²) in [6.45, 7) is 0.678. The molecule has 0 bridgehead atoms. The molecule has 2 unspecified atom stereocenters. The standard InChI is InChI=1S/C20H22FNO3/c1-25-18-8-3-2-6-16(18)19(14-9-11-15(21)12-10-14)22-13-5-4-7-17(22)20(23)24/h2-3,6,8-12,17,19H,4-5,7,13H2,1H3,(H,23,24). The summed E-state index contributed by atoms with van der Waals surface area (Å²) in [5.74, 6) is -0.427. The topological polar surface area (TPSA) is 49.8 Å². The number of nitrogens with zero attached hydrogens (tertiary/aromatic N) is 1. The Bertz CT molecular complexity index is 732. The van der Waals surface area contributed by atoms with E-state index >= 15 is 0 Å². The van der Waals surface area contributed by atoms with E-state index in [1.54, 1.807) is 19.2 Å². The van der Waals surface area contributed by atoms with Gasteiger partial charge in [0.25, 0.3) is 0 Å². The smallest absolute Gasteiger partial charge is 0.320 e. The Balaban J connectivity index is 2.11. The predicted molar refractivity (Wildman–Crippen MR) is 93.2 cm³/mol. The molecule has 1 N–H and O–H groups in total. The highest BCUT2D eigenvalue weighted by Gasteiger charge is 2.36. The molecule has 132 valence electrons. The zero-order chi connectivity index (χ0) is 17.8. The normalized spacial score (nSPS) is 19.4. The number of carboxylic acids is 1. The lowest BCUT2D eigenvalue weighted by Crippen LogP contribution is -2.46. The molecule has 2 atom stereocenters. The minimum absolute atomic E-state index is 0.293. The van der Waals surface area contributed by atoms with Crippen molar-refractivity contribution >= 4 is 5.97 Å². The second-order valence-electron chi connectivity index (χ2n) is 6.28. The Morgan fingerprint density at radius 2 is 1.92 bits per heavy atom. The van der Waals surface area contributed by atoms with Crippen LogP contribution in [0.4, 0.5) is 4.39 Å². The van der Waals surface area contributed by atoms with Crippen molar-refractivity contribution in [3.05, 3.63) is 65.5 Å². The molecule has 4 nitrogen and oxygen atoms in total. The van der Waals surface area contributed by atoms with Crippen molar-refractivity contribution in [1.29, 1.82) is 0 Å². The summed E-state index contributed by atoms with van der Waals surface area (Å²) in [5, 5.41) is 9.69. The molecule has 1 fully saturated rings. The van der Waals surface area contributed by atoms with Gasteiger partial charge in [-0.15, -0.1) is 0 Å². The number of aliphatic carboxylic acids is 1. The zero-order valence-electron chi connectivity index (χ0n) is 14.2. The van der Waals surface area contributed by atoms with Crippen LogP contribution in [0.15, 0.2) is 48.5 Å². The van der Waals surface area contributed by atoms with Crippen LogP contribution in [-0.4, -0.2) is 35.7 Å². The fraction of sp³-hybridized carbons (Fsp3) is 0.350. The number of ether oxygens (including phenoxy) is 1. The summed E-state index contributed by atoms with van der Waals surface area (Å²) in [6, 6.07) is 13.0. The summed E-state index contributed by atoms with van der Waals surface area (Å²) < 4.78 is 18.9. The average molecular weight is 343 g/mol. The molecule has 5 heteroatoms. The van der Waals surface area contributed by atoms with E-state index in [1.807, 2.05) is 29.2 Å². The van der Waals surface area contributed by atoms with E-state index in [9.17, 15) is 14.3 Å². The van der Waals surface area contributed by atoms with Gasteiger partial charge in [0.15, 0.2) is 0 Å². The molecule has 25 heavy (non-hydrogen) atoms. The maximum absolute atomic E-state index is 13.4. The van der Waals surface area contributed by atoms with Crippen LogP contribution in [0.3, 0.4) is 0 Å². The lowest BCUT2D eigenvalue weighted by molar-refractivity contribution is -0.145. The second-order valence-corrected chi connectivity index (χ2v) is 6.28. The van der Waals surface area contributed by atoms with Crippen LogP contribution in [0.2, 0.25) is 0 Å². The third-order valence-corrected chi connectivity index (χ3v) is 4.78. The maximum Gasteiger partial charge on any atom is 0.320 e. The third-order valence-electron chi connectivity index (χ3n) is 4.78. The quantitative estimate of drug-likeness (QED) is 0.895. The van der Waals surface area contributed by atoms with Crippen LogP contribution in [0.5, 0.6) is 5.75 Å². The molecular weight excluding hydrogens is 321 g/mol. The number of carboxylic acid groups (broad SMARTS) is 1. The molecule has 1 heterocycles. The number of para-hydroxylation sites is 1. The number of benzene rings is 2. The average Bonchev–Trinajstić information content (AvgIpc) is 2.64. The first-order chi connectivity index (χ1) is 12.1. The molecular formula is C20H22FNO3. The van der Waals surface area contributed by atoms with Gasteiger partial charge in [0, 0.05) is 5.56 Å². The minimum atomic E-state index is -0.818. The van der Waals surface area contributed by atoms with E-state index < -0.39 is 12.0 Å². The molecule has 1 saturated heterocycles. The highest BCUT2D eigenvalue weighted by molar-refractivity contribution is 5.73. The number of methoxy groups -OCH3 is 1. The molecule has 1 aliphatic rings. The largest absolute Gasteiger partial charge is 0.496 e. The van der Waals surface area contributed by atoms with Gasteiger partial charge in [-0.2, -0.15) is 0 Å². The van der Waals surface area contributed by atoms with Crippen molar-refractivity contribution in [2.45, 2.75) is 31.3 Å². The van der Waals surface area contributed by atoms with Crippen LogP contribution in [0.1, 0.15) is 36.4 Å². The molecule has 0 spiro atoms. The van der Waals surface area contributed by atoms with Gasteiger partial charge in [-0.25, -0.2) is 4.39 Å². The summed E-state index contributed by atoms with van der Waals surface area (Å²) in [5.41, 5.74) is 1.75. The lowest BCUT2D eigenvalue weighted by Gasteiger charge is -2.40. The number of piperidine rings is 1. The van der Waals surface area contributed by atoms with E-state index in [0.29, 0.717) is 18.7 Å². The van der Waals surface area contributed by atoms with Crippen molar-refractivity contribution < 1.29 is 19.0 Å². The highest BCUT2D eigenvalue weighted by Crippen LogP contribution is 2.38. The van der Waals surface area contributed by atoms with E-state index in [2.05, 4.69) is 0 Å². The molecule has 0 saturated carbocycles. The molecule has 2 aromatic carbocycles. The van der Waals surface area contributed by atoms with Crippen molar-refractivity contribution in [3.63, 3.8) is 0 Å². The predicted octanol–water partition coefficient (Wildman–Crippen LogP) is 3.86. The summed E-state index contributed by atoms with van der Waals surface area (Å²) in [6.07, 6.45) is 2.45.